The zero-order valence-corrected chi connectivity index (χ0v) is 14.2. The van der Waals surface area contributed by atoms with Gasteiger partial charge in [0.1, 0.15) is 5.57 Å². The third kappa shape index (κ3) is 3.19. The molecule has 0 aliphatic carbocycles. The number of nitrogens with zero attached hydrogens (tertiary/aromatic N) is 2. The molecule has 1 N–H and O–H groups in total. The highest BCUT2D eigenvalue weighted by Crippen LogP contribution is 2.31. The molecule has 0 unspecified atom stereocenters. The van der Waals surface area contributed by atoms with E-state index in [1.807, 2.05) is 0 Å². The molecule has 10 heteroatoms. The molecule has 8 nitrogen and oxygen atoms in total. The first-order valence-corrected chi connectivity index (χ1v) is 7.81. The molecule has 1 aliphatic rings. The number of anilines is 1. The van der Waals surface area contributed by atoms with Gasteiger partial charge in [0.05, 0.1) is 10.6 Å². The number of para-hydroxylation sites is 1. The molecular weight excluding hydrogens is 385 g/mol. The largest absolute Gasteiger partial charge is 0.867 e. The molecule has 26 heavy (non-hydrogen) atoms. The predicted molar refractivity (Wildman–Crippen MR) is 92.6 cm³/mol. The van der Waals surface area contributed by atoms with Crippen molar-refractivity contribution >= 4 is 52.5 Å². The van der Waals surface area contributed by atoms with Gasteiger partial charge in [-0.15, -0.1) is 0 Å². The Morgan fingerprint density at radius 2 is 1.77 bits per heavy atom. The maximum absolute atomic E-state index is 12.5. The highest BCUT2D eigenvalue weighted by Gasteiger charge is 2.34. The number of benzene rings is 2. The van der Waals surface area contributed by atoms with Gasteiger partial charge in [0.15, 0.2) is 0 Å². The van der Waals surface area contributed by atoms with Crippen LogP contribution in [0, 0.1) is 10.1 Å². The summed E-state index contributed by atoms with van der Waals surface area (Å²) in [5.74, 6) is -2.41. The van der Waals surface area contributed by atoms with Gasteiger partial charge in [-0.05, 0) is 35.6 Å². The SMILES string of the molecule is O=C1NN(c2cc(Cl)cc(Cl)c2)C(=O)/C1=C/c1cccc([N+](=O)[O-])c1[O-]. The van der Waals surface area contributed by atoms with Gasteiger partial charge in [0.25, 0.3) is 17.5 Å². The molecule has 0 radical (unpaired) electrons. The Hall–Kier alpha value is -3.10. The van der Waals surface area contributed by atoms with Crippen molar-refractivity contribution in [2.45, 2.75) is 0 Å². The van der Waals surface area contributed by atoms with E-state index in [4.69, 9.17) is 23.2 Å². The smallest absolute Gasteiger partial charge is 0.282 e. The average molecular weight is 393 g/mol. The summed E-state index contributed by atoms with van der Waals surface area (Å²) in [4.78, 5) is 34.7. The summed E-state index contributed by atoms with van der Waals surface area (Å²) in [5, 5.41) is 24.4. The zero-order valence-electron chi connectivity index (χ0n) is 12.7. The third-order valence-electron chi connectivity index (χ3n) is 3.52. The highest BCUT2D eigenvalue weighted by atomic mass is 35.5. The summed E-state index contributed by atoms with van der Waals surface area (Å²) in [5.41, 5.74) is 1.41. The number of amides is 2. The predicted octanol–water partition coefficient (Wildman–Crippen LogP) is 2.44. The van der Waals surface area contributed by atoms with Gasteiger partial charge in [-0.25, -0.2) is 5.01 Å². The molecule has 1 aliphatic heterocycles. The van der Waals surface area contributed by atoms with Gasteiger partial charge < -0.3 is 5.11 Å². The number of hydrazine groups is 1. The lowest BCUT2D eigenvalue weighted by atomic mass is 10.1. The molecule has 0 aromatic heterocycles. The molecule has 1 fully saturated rings. The number of rotatable bonds is 3. The van der Waals surface area contributed by atoms with Gasteiger partial charge >= 0.3 is 0 Å². The van der Waals surface area contributed by atoms with Crippen molar-refractivity contribution in [3.8, 4) is 5.75 Å². The fourth-order valence-corrected chi connectivity index (χ4v) is 2.88. The fourth-order valence-electron chi connectivity index (χ4n) is 2.36. The van der Waals surface area contributed by atoms with Crippen LogP contribution < -0.4 is 15.5 Å². The van der Waals surface area contributed by atoms with Gasteiger partial charge in [-0.1, -0.05) is 35.3 Å². The van der Waals surface area contributed by atoms with Crippen molar-refractivity contribution in [1.82, 2.24) is 5.43 Å². The summed E-state index contributed by atoms with van der Waals surface area (Å²) >= 11 is 11.8. The van der Waals surface area contributed by atoms with Crippen LogP contribution in [0.4, 0.5) is 11.4 Å². The van der Waals surface area contributed by atoms with Gasteiger partial charge in [-0.3, -0.25) is 25.1 Å². The fraction of sp³-hybridized carbons (Fsp3) is 0. The zero-order chi connectivity index (χ0) is 19.0. The minimum absolute atomic E-state index is 0.149. The second-order valence-electron chi connectivity index (χ2n) is 5.22. The van der Waals surface area contributed by atoms with E-state index in [0.29, 0.717) is 0 Å². The number of halogens is 2. The summed E-state index contributed by atoms with van der Waals surface area (Å²) in [6.45, 7) is 0. The summed E-state index contributed by atoms with van der Waals surface area (Å²) < 4.78 is 0. The Labute approximate surface area is 156 Å². The molecule has 3 rings (SSSR count). The average Bonchev–Trinajstić information content (AvgIpc) is 2.83. The van der Waals surface area contributed by atoms with Crippen molar-refractivity contribution < 1.29 is 19.6 Å². The topological polar surface area (TPSA) is 116 Å². The molecular formula is C16H8Cl2N3O5-. The maximum Gasteiger partial charge on any atom is 0.282 e. The number of nitro groups is 1. The Morgan fingerprint density at radius 1 is 1.12 bits per heavy atom. The molecule has 1 heterocycles. The number of hydrogen-bond acceptors (Lipinski definition) is 5. The van der Waals surface area contributed by atoms with E-state index in [-0.39, 0.29) is 26.9 Å². The van der Waals surface area contributed by atoms with Crippen molar-refractivity contribution in [3.05, 3.63) is 67.7 Å². The van der Waals surface area contributed by atoms with E-state index in [9.17, 15) is 24.8 Å². The van der Waals surface area contributed by atoms with E-state index < -0.39 is 28.2 Å². The lowest BCUT2D eigenvalue weighted by Gasteiger charge is -2.15. The van der Waals surface area contributed by atoms with Gasteiger partial charge in [0, 0.05) is 16.1 Å². The Morgan fingerprint density at radius 3 is 2.38 bits per heavy atom. The molecule has 132 valence electrons. The van der Waals surface area contributed by atoms with Crippen LogP contribution in [-0.4, -0.2) is 16.7 Å². The first-order chi connectivity index (χ1) is 12.3. The quantitative estimate of drug-likeness (QED) is 0.372. The molecule has 0 bridgehead atoms. The second-order valence-corrected chi connectivity index (χ2v) is 6.09. The van der Waals surface area contributed by atoms with E-state index in [0.717, 1.165) is 17.2 Å². The van der Waals surface area contributed by atoms with Gasteiger partial charge in [0.2, 0.25) is 0 Å². The first-order valence-electron chi connectivity index (χ1n) is 7.05. The van der Waals surface area contributed by atoms with E-state index in [2.05, 4.69) is 5.43 Å². The number of nitrogens with one attached hydrogen (secondary N) is 1. The van der Waals surface area contributed by atoms with Crippen molar-refractivity contribution in [3.63, 3.8) is 0 Å². The molecule has 2 amide bonds. The molecule has 0 spiro atoms. The number of carbonyl (C=O) groups is 2. The summed E-state index contributed by atoms with van der Waals surface area (Å²) in [6.07, 6.45) is 1.01. The minimum atomic E-state index is -0.894. The summed E-state index contributed by atoms with van der Waals surface area (Å²) in [6, 6.07) is 7.90. The monoisotopic (exact) mass is 392 g/mol. The number of hydrogen-bond donors (Lipinski definition) is 1. The van der Waals surface area contributed by atoms with E-state index in [1.54, 1.807) is 0 Å². The van der Waals surface area contributed by atoms with Crippen molar-refractivity contribution in [2.75, 3.05) is 5.01 Å². The molecule has 0 saturated carbocycles. The van der Waals surface area contributed by atoms with Crippen LogP contribution in [0.25, 0.3) is 6.08 Å². The number of carbonyl (C=O) groups excluding carboxylic acids is 2. The van der Waals surface area contributed by atoms with Crippen molar-refractivity contribution in [1.29, 1.82) is 0 Å². The second kappa shape index (κ2) is 6.66. The molecule has 0 atom stereocenters. The van der Waals surface area contributed by atoms with Crippen molar-refractivity contribution in [2.24, 2.45) is 0 Å². The Kier molecular flexibility index (Phi) is 4.54. The maximum atomic E-state index is 12.5. The molecule has 2 aromatic rings. The lowest BCUT2D eigenvalue weighted by molar-refractivity contribution is -0.398. The first kappa shape index (κ1) is 17.7. The van der Waals surface area contributed by atoms with Crippen LogP contribution >= 0.6 is 23.2 Å². The van der Waals surface area contributed by atoms with Gasteiger partial charge in [-0.2, -0.15) is 0 Å². The van der Waals surface area contributed by atoms with Crippen LogP contribution in [0.2, 0.25) is 10.0 Å². The van der Waals surface area contributed by atoms with Crippen LogP contribution in [0.3, 0.4) is 0 Å². The summed E-state index contributed by atoms with van der Waals surface area (Å²) in [7, 11) is 0. The highest BCUT2D eigenvalue weighted by molar-refractivity contribution is 6.36. The minimum Gasteiger partial charge on any atom is -0.867 e. The van der Waals surface area contributed by atoms with E-state index in [1.165, 1.54) is 30.3 Å². The Balaban J connectivity index is 2.01. The standard InChI is InChI=1S/C16H9Cl2N3O5/c17-9-5-10(18)7-11(6-9)20-16(24)12(15(23)19-20)4-8-2-1-3-13(14(8)22)21(25)26/h1-7,22H,(H,19,23)/p-1/b12-4+. The lowest BCUT2D eigenvalue weighted by Crippen LogP contribution is -2.35. The number of nitro benzene ring substituents is 1. The van der Waals surface area contributed by atoms with Crippen LogP contribution in [-0.2, 0) is 9.59 Å². The Bertz CT molecular complexity index is 970. The van der Waals surface area contributed by atoms with Crippen LogP contribution in [0.15, 0.2) is 42.0 Å². The van der Waals surface area contributed by atoms with Crippen LogP contribution in [0.1, 0.15) is 5.56 Å². The third-order valence-corrected chi connectivity index (χ3v) is 3.95. The van der Waals surface area contributed by atoms with E-state index >= 15 is 0 Å². The normalized spacial score (nSPS) is 15.5. The molecule has 2 aromatic carbocycles. The van der Waals surface area contributed by atoms with Crippen LogP contribution in [0.5, 0.6) is 5.75 Å². The molecule has 1 saturated heterocycles.